The zero-order chi connectivity index (χ0) is 89.2. The van der Waals surface area contributed by atoms with Crippen molar-refractivity contribution >= 4 is 134 Å². The van der Waals surface area contributed by atoms with Crippen LogP contribution in [-0.2, 0) is 0 Å². The van der Waals surface area contributed by atoms with Gasteiger partial charge in [-0.15, -0.1) is 0 Å². The van der Waals surface area contributed by atoms with Crippen molar-refractivity contribution in [3.63, 3.8) is 0 Å². The Balaban J connectivity index is -0.000000632. The molecule has 0 saturated heterocycles. The molecular weight excluding hydrogens is 2070 g/mol. The van der Waals surface area contributed by atoms with E-state index in [-0.39, 0.29) is 79.9 Å². The standard InChI is InChI=1S/6C13H23N2Si2.C7H8.2CHNO.2Th/c6*1-16(2,3)14-13(15-17(4,5)6)12-10-8-7-9-11-12;1-7-5-3-2-4-6-7;2*2-1-3;;/h6*7-11H,1-6H3;2-6H,1H3;2*3H;;/q6*-1;;;;2*+4/p-2. The van der Waals surface area contributed by atoms with Crippen molar-refractivity contribution in [3.8, 4) is 12.5 Å². The van der Waals surface area contributed by atoms with Gasteiger partial charge in [0.25, 0.3) is 0 Å². The largest absolute Gasteiger partial charge is 4.00 e. The molecule has 0 aliphatic rings. The molecule has 632 valence electrons. The van der Waals surface area contributed by atoms with Gasteiger partial charge in [-0.3, -0.25) is 0 Å². The topological polar surface area (TPSA) is 252 Å². The number of benzene rings is 7. The second-order valence-corrected chi connectivity index (χ2v) is 94.1. The maximum atomic E-state index is 8.24. The summed E-state index contributed by atoms with van der Waals surface area (Å²) >= 11 is 0. The third-order valence-electron chi connectivity index (χ3n) is 12.4. The van der Waals surface area contributed by atoms with Gasteiger partial charge in [0.2, 0.25) is 0 Å². The van der Waals surface area contributed by atoms with Crippen LogP contribution in [0.15, 0.2) is 240 Å². The van der Waals surface area contributed by atoms with E-state index in [0.717, 1.165) is 68.4 Å². The van der Waals surface area contributed by atoms with Gasteiger partial charge in [0.05, 0.1) is 0 Å². The molecule has 117 heavy (non-hydrogen) atoms. The van der Waals surface area contributed by atoms with Crippen molar-refractivity contribution < 1.29 is 90.1 Å². The van der Waals surface area contributed by atoms with Crippen LogP contribution in [0.2, 0.25) is 236 Å². The monoisotopic (exact) mass is 2220 g/mol. The molecule has 0 spiro atoms. The normalized spacial score (nSPS) is 12.5. The zero-order valence-electron chi connectivity index (χ0n) is 78.8. The van der Waals surface area contributed by atoms with Crippen LogP contribution in [0.25, 0.3) is 29.9 Å². The Kier molecular flexibility index (Phi) is 56.8. The first-order valence-corrected chi connectivity index (χ1v) is 81.0. The average Bonchev–Trinajstić information content (AvgIpc) is 0.885. The summed E-state index contributed by atoms with van der Waals surface area (Å²) in [5.41, 5.74) is 8.22. The van der Waals surface area contributed by atoms with Crippen molar-refractivity contribution in [2.24, 2.45) is 27.9 Å². The average molecular weight is 2220 g/mol. The summed E-state index contributed by atoms with van der Waals surface area (Å²) in [4.78, 5) is 29.3. The molecule has 0 amide bonds. The Labute approximate surface area is 789 Å². The number of nitrogens with zero attached hydrogens (tertiary/aromatic N) is 14. The molecule has 7 aromatic rings. The third kappa shape index (κ3) is 72.5. The quantitative estimate of drug-likeness (QED) is 0.0351. The van der Waals surface area contributed by atoms with Gasteiger partial charge in [0, 0.05) is 111 Å². The first kappa shape index (κ1) is 119. The minimum atomic E-state index is -1.49. The molecule has 0 atom stereocenters. The Morgan fingerprint density at radius 2 is 0.308 bits per heavy atom. The predicted octanol–water partition coefficient (Wildman–Crippen LogP) is 26.5. The molecule has 30 heteroatoms. The third-order valence-corrected chi connectivity index (χ3v) is 23.0. The summed E-state index contributed by atoms with van der Waals surface area (Å²) in [6, 6.07) is 72.3. The maximum absolute atomic E-state index is 8.24. The molecule has 0 fully saturated rings. The molecule has 0 radical (unpaired) electrons. The van der Waals surface area contributed by atoms with Gasteiger partial charge in [0.15, 0.2) is 0 Å². The minimum Gasteiger partial charge on any atom is -0.812 e. The van der Waals surface area contributed by atoms with Crippen LogP contribution in [0.3, 0.4) is 0 Å². The van der Waals surface area contributed by atoms with Gasteiger partial charge in [-0.1, -0.05) is 489 Å². The van der Waals surface area contributed by atoms with Crippen LogP contribution in [0.5, 0.6) is 0 Å². The van der Waals surface area contributed by atoms with Gasteiger partial charge in [0.1, 0.15) is 0 Å². The van der Waals surface area contributed by atoms with E-state index < -0.39 is 98.8 Å². The van der Waals surface area contributed by atoms with E-state index in [2.05, 4.69) is 400 Å². The smallest absolute Gasteiger partial charge is 0.812 e. The molecule has 7 aromatic carbocycles. The molecule has 0 unspecified atom stereocenters. The first-order chi connectivity index (χ1) is 52.3. The number of nitriles is 2. The molecule has 0 saturated carbocycles. The number of rotatable bonds is 18. The number of hydrogen-bond donors (Lipinski definition) is 0. The molecule has 0 bridgehead atoms. The number of aryl methyl sites for hydroxylation is 1. The fraction of sp³-hybridized carbons (Fsp3) is 0.425. The van der Waals surface area contributed by atoms with Crippen LogP contribution in [0.1, 0.15) is 38.9 Å². The summed E-state index contributed by atoms with van der Waals surface area (Å²) in [6.07, 6.45) is 1.00. The predicted molar refractivity (Wildman–Crippen MR) is 541 cm³/mol. The van der Waals surface area contributed by atoms with E-state index in [1.165, 1.54) is 5.56 Å². The molecular formula is C87H146N14O2Si12Th2. The fourth-order valence-corrected chi connectivity index (χ4v) is 19.2. The van der Waals surface area contributed by atoms with Gasteiger partial charge in [-0.05, 0) is 40.3 Å². The molecule has 0 aliphatic heterocycles. The fourth-order valence-electron chi connectivity index (χ4n) is 8.79. The molecule has 7 rings (SSSR count). The summed E-state index contributed by atoms with van der Waals surface area (Å²) in [5, 5.41) is 30.0. The SMILES string of the molecule is C[Si](C)(C)/N=C(/[N-][Si](C)(C)C)c1ccccc1.C[Si](C)(C)/N=C(/[N-][Si](C)(C)C)c1ccccc1.C[Si](C)(C)/N=C(/[N-][Si](C)(C)C)c1ccccc1.C[Si](C)(C)/N=C(/[N-][Si](C)(C)C)c1ccccc1.C[Si](C)(C)/N=C(/[N-][Si](C)(C)C)c1ccccc1.C[Si](C)(C)/N=C(/[N-][Si](C)(C)C)c1ccccc1.Cc1ccccc1.N#C[O-].N#C[O-].[Th+4].[Th+4]. The van der Waals surface area contributed by atoms with Gasteiger partial charge >= 0.3 is 79.9 Å². The van der Waals surface area contributed by atoms with Crippen LogP contribution in [0, 0.1) is 110 Å². The van der Waals surface area contributed by atoms with Crippen molar-refractivity contribution in [2.75, 3.05) is 0 Å². The summed E-state index contributed by atoms with van der Waals surface area (Å²) in [6.45, 7) is 82.9. The Hall–Kier alpha value is -4.81. The Morgan fingerprint density at radius 1 is 0.214 bits per heavy atom. The molecule has 16 nitrogen and oxygen atoms in total. The molecule has 0 aromatic heterocycles. The summed E-state index contributed by atoms with van der Waals surface area (Å²) in [7, 11) is -17.8. The van der Waals surface area contributed by atoms with Gasteiger partial charge in [-0.25, -0.2) is 10.5 Å². The first-order valence-electron chi connectivity index (χ1n) is 39.6. The van der Waals surface area contributed by atoms with E-state index in [1.54, 1.807) is 0 Å². The number of amidine groups is 6. The summed E-state index contributed by atoms with van der Waals surface area (Å²) < 4.78 is 29.3. The number of hydrogen-bond acceptors (Lipinski definition) is 10. The minimum absolute atomic E-state index is 0. The van der Waals surface area contributed by atoms with Gasteiger partial charge in [-0.2, -0.15) is 0 Å². The van der Waals surface area contributed by atoms with Crippen molar-refractivity contribution in [3.05, 3.63) is 281 Å². The molecule has 0 heterocycles. The Bertz CT molecular complexity index is 3490. The molecule has 0 N–H and O–H groups in total. The Morgan fingerprint density at radius 3 is 0.376 bits per heavy atom. The zero-order valence-corrected chi connectivity index (χ0v) is 99.0. The van der Waals surface area contributed by atoms with Crippen molar-refractivity contribution in [1.29, 1.82) is 10.5 Å². The molecule has 0 aliphatic carbocycles. The van der Waals surface area contributed by atoms with Crippen molar-refractivity contribution in [2.45, 2.75) is 243 Å². The van der Waals surface area contributed by atoms with E-state index >= 15 is 0 Å². The van der Waals surface area contributed by atoms with Crippen LogP contribution >= 0.6 is 0 Å². The van der Waals surface area contributed by atoms with E-state index in [4.69, 9.17) is 78.6 Å². The van der Waals surface area contributed by atoms with E-state index in [9.17, 15) is 0 Å². The van der Waals surface area contributed by atoms with Crippen molar-refractivity contribution in [1.82, 2.24) is 0 Å². The van der Waals surface area contributed by atoms with Crippen LogP contribution < -0.4 is 10.2 Å². The van der Waals surface area contributed by atoms with E-state index in [1.807, 2.05) is 54.6 Å². The summed E-state index contributed by atoms with van der Waals surface area (Å²) in [5.74, 6) is 5.77. The van der Waals surface area contributed by atoms with Crippen LogP contribution in [0.4, 0.5) is 0 Å². The van der Waals surface area contributed by atoms with Gasteiger partial charge < -0.3 is 68.1 Å². The second-order valence-electron chi connectivity index (χ2n) is 39.4. The van der Waals surface area contributed by atoms with Crippen LogP contribution in [-0.4, -0.2) is 134 Å². The van der Waals surface area contributed by atoms with E-state index in [0.29, 0.717) is 12.5 Å². The maximum Gasteiger partial charge on any atom is 4.00 e. The second kappa shape index (κ2) is 56.1.